The molecule has 0 saturated carbocycles. The number of imidazole rings is 1. The molecule has 7 heteroatoms. The number of aromatic nitrogens is 4. The van der Waals surface area contributed by atoms with E-state index in [1.54, 1.807) is 6.20 Å². The van der Waals surface area contributed by atoms with Crippen LogP contribution in [0.3, 0.4) is 0 Å². The second kappa shape index (κ2) is 9.85. The summed E-state index contributed by atoms with van der Waals surface area (Å²) in [5, 5.41) is 4.17. The van der Waals surface area contributed by atoms with Gasteiger partial charge in [0.25, 0.3) is 5.91 Å². The molecule has 7 nitrogen and oxygen atoms in total. The number of rotatable bonds is 8. The van der Waals surface area contributed by atoms with Crippen molar-refractivity contribution in [2.75, 3.05) is 6.61 Å². The molecule has 2 aromatic carbocycles. The maximum absolute atomic E-state index is 13.3. The number of para-hydroxylation sites is 1. The Kier molecular flexibility index (Phi) is 6.30. The Hall–Kier alpha value is -4.39. The standard InChI is InChI=1S/C28H27N5O2/c1-3-35-22-13-11-19(12-14-22)26-18-30-27(33(26)2)24(17-21-9-6-7-15-29-21)32-28(34)25-16-20-8-4-5-10-23(20)31-25/h4-16,18,24,31H,3,17H2,1-2H3,(H,32,34)/t24-/m0/s1. The first-order valence-electron chi connectivity index (χ1n) is 11.7. The molecule has 0 aliphatic heterocycles. The number of pyridine rings is 1. The van der Waals surface area contributed by atoms with E-state index in [9.17, 15) is 4.79 Å². The van der Waals surface area contributed by atoms with E-state index >= 15 is 0 Å². The number of carbonyl (C=O) groups is 1. The molecule has 3 heterocycles. The van der Waals surface area contributed by atoms with Crippen LogP contribution in [-0.4, -0.2) is 32.0 Å². The van der Waals surface area contributed by atoms with Gasteiger partial charge in [-0.15, -0.1) is 0 Å². The molecule has 35 heavy (non-hydrogen) atoms. The number of fused-ring (bicyclic) bond motifs is 1. The topological polar surface area (TPSA) is 84.8 Å². The fourth-order valence-corrected chi connectivity index (χ4v) is 4.27. The predicted molar refractivity (Wildman–Crippen MR) is 136 cm³/mol. The van der Waals surface area contributed by atoms with Gasteiger partial charge < -0.3 is 19.6 Å². The molecular weight excluding hydrogens is 438 g/mol. The van der Waals surface area contributed by atoms with Crippen molar-refractivity contribution in [1.82, 2.24) is 24.8 Å². The lowest BCUT2D eigenvalue weighted by atomic mass is 10.1. The van der Waals surface area contributed by atoms with Gasteiger partial charge in [-0.1, -0.05) is 24.3 Å². The van der Waals surface area contributed by atoms with E-state index < -0.39 is 0 Å². The van der Waals surface area contributed by atoms with Crippen molar-refractivity contribution in [3.8, 4) is 17.0 Å². The summed E-state index contributed by atoms with van der Waals surface area (Å²) in [6, 6.07) is 23.1. The minimum atomic E-state index is -0.370. The van der Waals surface area contributed by atoms with Crippen molar-refractivity contribution < 1.29 is 9.53 Å². The second-order valence-electron chi connectivity index (χ2n) is 8.34. The van der Waals surface area contributed by atoms with Crippen LogP contribution in [0.1, 0.15) is 35.0 Å². The van der Waals surface area contributed by atoms with Gasteiger partial charge in [0.05, 0.1) is 24.5 Å². The normalized spacial score (nSPS) is 11.9. The van der Waals surface area contributed by atoms with Gasteiger partial charge in [0, 0.05) is 41.8 Å². The van der Waals surface area contributed by atoms with E-state index in [-0.39, 0.29) is 11.9 Å². The first-order chi connectivity index (χ1) is 17.1. The highest BCUT2D eigenvalue weighted by Crippen LogP contribution is 2.26. The zero-order valence-corrected chi connectivity index (χ0v) is 19.7. The zero-order valence-electron chi connectivity index (χ0n) is 19.7. The summed E-state index contributed by atoms with van der Waals surface area (Å²) in [7, 11) is 1.97. The van der Waals surface area contributed by atoms with Crippen molar-refractivity contribution in [1.29, 1.82) is 0 Å². The predicted octanol–water partition coefficient (Wildman–Crippen LogP) is 5.08. The van der Waals surface area contributed by atoms with Gasteiger partial charge in [0.1, 0.15) is 17.3 Å². The van der Waals surface area contributed by atoms with Crippen LogP contribution in [0, 0.1) is 0 Å². The minimum Gasteiger partial charge on any atom is -0.494 e. The molecule has 0 aliphatic rings. The Labute approximate surface area is 203 Å². The van der Waals surface area contributed by atoms with E-state index in [4.69, 9.17) is 9.72 Å². The van der Waals surface area contributed by atoms with Gasteiger partial charge in [-0.25, -0.2) is 4.98 Å². The Morgan fingerprint density at radius 3 is 2.60 bits per heavy atom. The van der Waals surface area contributed by atoms with E-state index in [1.807, 2.05) is 97.5 Å². The highest BCUT2D eigenvalue weighted by atomic mass is 16.5. The Bertz CT molecular complexity index is 1400. The fraction of sp³-hybridized carbons (Fsp3) is 0.179. The van der Waals surface area contributed by atoms with Gasteiger partial charge in [-0.05, 0) is 55.5 Å². The summed E-state index contributed by atoms with van der Waals surface area (Å²) < 4.78 is 7.59. The molecule has 5 aromatic rings. The second-order valence-corrected chi connectivity index (χ2v) is 8.34. The van der Waals surface area contributed by atoms with Crippen molar-refractivity contribution in [3.05, 3.63) is 102 Å². The fourth-order valence-electron chi connectivity index (χ4n) is 4.27. The molecule has 0 bridgehead atoms. The molecule has 5 rings (SSSR count). The van der Waals surface area contributed by atoms with Gasteiger partial charge in [0.15, 0.2) is 0 Å². The number of nitrogens with one attached hydrogen (secondary N) is 2. The first-order valence-corrected chi connectivity index (χ1v) is 11.7. The lowest BCUT2D eigenvalue weighted by Gasteiger charge is -2.19. The number of nitrogens with zero attached hydrogens (tertiary/aromatic N) is 3. The number of hydrogen-bond donors (Lipinski definition) is 2. The van der Waals surface area contributed by atoms with E-state index in [1.165, 1.54) is 0 Å². The molecule has 0 fully saturated rings. The Morgan fingerprint density at radius 1 is 1.06 bits per heavy atom. The summed E-state index contributed by atoms with van der Waals surface area (Å²) in [5.74, 6) is 1.40. The molecule has 0 aliphatic carbocycles. The van der Waals surface area contributed by atoms with Crippen molar-refractivity contribution in [2.24, 2.45) is 7.05 Å². The van der Waals surface area contributed by atoms with Gasteiger partial charge in [-0.3, -0.25) is 9.78 Å². The smallest absolute Gasteiger partial charge is 0.268 e. The number of benzene rings is 2. The highest BCUT2D eigenvalue weighted by Gasteiger charge is 2.23. The van der Waals surface area contributed by atoms with Crippen LogP contribution < -0.4 is 10.1 Å². The summed E-state index contributed by atoms with van der Waals surface area (Å²) in [6.45, 7) is 2.59. The molecule has 0 radical (unpaired) electrons. The van der Waals surface area contributed by atoms with Crippen molar-refractivity contribution in [2.45, 2.75) is 19.4 Å². The van der Waals surface area contributed by atoms with Gasteiger partial charge >= 0.3 is 0 Å². The molecule has 176 valence electrons. The van der Waals surface area contributed by atoms with Crippen LogP contribution in [0.2, 0.25) is 0 Å². The Morgan fingerprint density at radius 2 is 1.86 bits per heavy atom. The molecule has 0 spiro atoms. The summed E-state index contributed by atoms with van der Waals surface area (Å²) in [4.78, 5) is 25.7. The van der Waals surface area contributed by atoms with E-state index in [0.29, 0.717) is 18.7 Å². The Balaban J connectivity index is 1.45. The van der Waals surface area contributed by atoms with E-state index in [0.717, 1.165) is 39.4 Å². The number of amides is 1. The third kappa shape index (κ3) is 4.80. The maximum Gasteiger partial charge on any atom is 0.268 e. The molecule has 0 saturated heterocycles. The monoisotopic (exact) mass is 465 g/mol. The lowest BCUT2D eigenvalue weighted by Crippen LogP contribution is -2.32. The number of ether oxygens (including phenoxy) is 1. The minimum absolute atomic E-state index is 0.187. The molecule has 1 atom stereocenters. The number of aromatic amines is 1. The SMILES string of the molecule is CCOc1ccc(-c2cnc([C@H](Cc3ccccn3)NC(=O)c3cc4ccccc4[nH]3)n2C)cc1. The zero-order chi connectivity index (χ0) is 24.2. The maximum atomic E-state index is 13.3. The summed E-state index contributed by atoms with van der Waals surface area (Å²) in [6.07, 6.45) is 4.11. The molecular formula is C28H27N5O2. The highest BCUT2D eigenvalue weighted by molar-refractivity contribution is 5.98. The third-order valence-corrected chi connectivity index (χ3v) is 6.02. The molecule has 3 aromatic heterocycles. The first kappa shape index (κ1) is 22.4. The lowest BCUT2D eigenvalue weighted by molar-refractivity contribution is 0.0930. The summed E-state index contributed by atoms with van der Waals surface area (Å²) >= 11 is 0. The quantitative estimate of drug-likeness (QED) is 0.335. The van der Waals surface area contributed by atoms with Crippen LogP contribution in [0.15, 0.2) is 85.2 Å². The van der Waals surface area contributed by atoms with E-state index in [2.05, 4.69) is 15.3 Å². The van der Waals surface area contributed by atoms with Crippen molar-refractivity contribution in [3.63, 3.8) is 0 Å². The van der Waals surface area contributed by atoms with Crippen molar-refractivity contribution >= 4 is 16.8 Å². The number of carbonyl (C=O) groups excluding carboxylic acids is 1. The van der Waals surface area contributed by atoms with Crippen LogP contribution in [0.25, 0.3) is 22.2 Å². The van der Waals surface area contributed by atoms with Crippen LogP contribution in [-0.2, 0) is 13.5 Å². The van der Waals surface area contributed by atoms with Crippen LogP contribution in [0.4, 0.5) is 0 Å². The van der Waals surface area contributed by atoms with Crippen LogP contribution >= 0.6 is 0 Å². The molecule has 2 N–H and O–H groups in total. The average molecular weight is 466 g/mol. The number of H-pyrrole nitrogens is 1. The molecule has 0 unspecified atom stereocenters. The average Bonchev–Trinajstić information content (AvgIpc) is 3.49. The molecule has 1 amide bonds. The van der Waals surface area contributed by atoms with Crippen LogP contribution in [0.5, 0.6) is 5.75 Å². The third-order valence-electron chi connectivity index (χ3n) is 6.02. The van der Waals surface area contributed by atoms with Gasteiger partial charge in [0.2, 0.25) is 0 Å². The van der Waals surface area contributed by atoms with Gasteiger partial charge in [-0.2, -0.15) is 0 Å². The number of hydrogen-bond acceptors (Lipinski definition) is 4. The largest absolute Gasteiger partial charge is 0.494 e. The summed E-state index contributed by atoms with van der Waals surface area (Å²) in [5.41, 5.74) is 4.29.